The van der Waals surface area contributed by atoms with Crippen LogP contribution in [-0.4, -0.2) is 15.6 Å². The second-order valence-electron chi connectivity index (χ2n) is 3.77. The monoisotopic (exact) mass is 203 g/mol. The van der Waals surface area contributed by atoms with Crippen LogP contribution in [0.1, 0.15) is 11.3 Å². The van der Waals surface area contributed by atoms with Crippen LogP contribution >= 0.6 is 0 Å². The fourth-order valence-corrected chi connectivity index (χ4v) is 1.87. The molecule has 2 rings (SSSR count). The van der Waals surface area contributed by atoms with E-state index in [0.29, 0.717) is 0 Å². The summed E-state index contributed by atoms with van der Waals surface area (Å²) in [6.07, 6.45) is 0.0841. The van der Waals surface area contributed by atoms with Crippen LogP contribution in [0.4, 0.5) is 0 Å². The van der Waals surface area contributed by atoms with E-state index in [1.165, 1.54) is 0 Å². The lowest BCUT2D eigenvalue weighted by atomic mass is 10.1. The van der Waals surface area contributed by atoms with E-state index < -0.39 is 5.97 Å². The summed E-state index contributed by atoms with van der Waals surface area (Å²) in [5, 5.41) is 9.84. The molecule has 0 radical (unpaired) electrons. The van der Waals surface area contributed by atoms with Crippen LogP contribution < -0.4 is 0 Å². The Morgan fingerprint density at radius 3 is 2.87 bits per heavy atom. The summed E-state index contributed by atoms with van der Waals surface area (Å²) in [6, 6.07) is 7.82. The summed E-state index contributed by atoms with van der Waals surface area (Å²) in [4.78, 5) is 10.7. The van der Waals surface area contributed by atoms with Crippen molar-refractivity contribution in [1.29, 1.82) is 0 Å². The van der Waals surface area contributed by atoms with Gasteiger partial charge in [0, 0.05) is 23.6 Å². The van der Waals surface area contributed by atoms with Crippen LogP contribution in [0.3, 0.4) is 0 Å². The molecule has 15 heavy (non-hydrogen) atoms. The van der Waals surface area contributed by atoms with Gasteiger partial charge in [-0.3, -0.25) is 4.79 Å². The number of hydrogen-bond donors (Lipinski definition) is 1. The van der Waals surface area contributed by atoms with Crippen LogP contribution in [0.25, 0.3) is 10.9 Å². The Hall–Kier alpha value is -1.77. The Labute approximate surface area is 87.9 Å². The molecule has 3 nitrogen and oxygen atoms in total. The lowest BCUT2D eigenvalue weighted by Gasteiger charge is -2.01. The van der Waals surface area contributed by atoms with Crippen LogP contribution in [0.15, 0.2) is 24.3 Å². The minimum Gasteiger partial charge on any atom is -0.481 e. The van der Waals surface area contributed by atoms with Crippen molar-refractivity contribution in [3.05, 3.63) is 35.5 Å². The topological polar surface area (TPSA) is 42.2 Å². The van der Waals surface area contributed by atoms with Gasteiger partial charge >= 0.3 is 5.97 Å². The highest BCUT2D eigenvalue weighted by molar-refractivity contribution is 5.87. The second kappa shape index (κ2) is 3.42. The van der Waals surface area contributed by atoms with Crippen LogP contribution in [0.2, 0.25) is 0 Å². The molecule has 0 aliphatic carbocycles. The van der Waals surface area contributed by atoms with Gasteiger partial charge in [0.15, 0.2) is 0 Å². The zero-order valence-electron chi connectivity index (χ0n) is 8.82. The third-order valence-electron chi connectivity index (χ3n) is 2.76. The number of carbonyl (C=O) groups is 1. The second-order valence-corrected chi connectivity index (χ2v) is 3.77. The Morgan fingerprint density at radius 2 is 2.20 bits per heavy atom. The largest absolute Gasteiger partial charge is 0.481 e. The predicted octanol–water partition coefficient (Wildman–Crippen LogP) is 2.11. The molecule has 2 aromatic rings. The van der Waals surface area contributed by atoms with Gasteiger partial charge in [0.25, 0.3) is 0 Å². The molecule has 1 aromatic carbocycles. The van der Waals surface area contributed by atoms with Crippen molar-refractivity contribution in [2.45, 2.75) is 13.3 Å². The van der Waals surface area contributed by atoms with Gasteiger partial charge in [0.2, 0.25) is 0 Å². The lowest BCUT2D eigenvalue weighted by molar-refractivity contribution is -0.136. The zero-order chi connectivity index (χ0) is 11.0. The number of rotatable bonds is 2. The third kappa shape index (κ3) is 1.61. The minimum atomic E-state index is -0.788. The van der Waals surface area contributed by atoms with Crippen molar-refractivity contribution in [3.8, 4) is 0 Å². The van der Waals surface area contributed by atoms with Crippen molar-refractivity contribution in [2.75, 3.05) is 0 Å². The molecule has 0 atom stereocenters. The Balaban J connectivity index is 2.65. The Bertz CT molecular complexity index is 526. The molecule has 0 bridgehead atoms. The molecule has 0 saturated heterocycles. The van der Waals surface area contributed by atoms with Gasteiger partial charge in [-0.15, -0.1) is 0 Å². The third-order valence-corrected chi connectivity index (χ3v) is 2.76. The summed E-state index contributed by atoms with van der Waals surface area (Å²) >= 11 is 0. The molecule has 1 heterocycles. The van der Waals surface area contributed by atoms with Crippen molar-refractivity contribution in [1.82, 2.24) is 4.57 Å². The molecule has 3 heteroatoms. The first kappa shape index (κ1) is 9.77. The molecule has 1 N–H and O–H groups in total. The number of aryl methyl sites for hydroxylation is 2. The van der Waals surface area contributed by atoms with Gasteiger partial charge < -0.3 is 9.67 Å². The quantitative estimate of drug-likeness (QED) is 0.812. The summed E-state index contributed by atoms with van der Waals surface area (Å²) in [7, 11) is 1.99. The fraction of sp³-hybridized carbons (Fsp3) is 0.250. The number of carboxylic acids is 1. The first-order valence-corrected chi connectivity index (χ1v) is 4.85. The van der Waals surface area contributed by atoms with E-state index in [4.69, 9.17) is 5.11 Å². The van der Waals surface area contributed by atoms with Gasteiger partial charge in [-0.25, -0.2) is 0 Å². The maximum atomic E-state index is 10.7. The molecule has 0 unspecified atom stereocenters. The highest BCUT2D eigenvalue weighted by atomic mass is 16.4. The minimum absolute atomic E-state index is 0.0841. The van der Waals surface area contributed by atoms with E-state index in [1.807, 2.05) is 38.2 Å². The van der Waals surface area contributed by atoms with E-state index >= 15 is 0 Å². The van der Waals surface area contributed by atoms with E-state index in [-0.39, 0.29) is 6.42 Å². The smallest absolute Gasteiger partial charge is 0.307 e. The summed E-state index contributed by atoms with van der Waals surface area (Å²) in [5.74, 6) is -0.788. The molecule has 78 valence electrons. The van der Waals surface area contributed by atoms with Gasteiger partial charge in [0.05, 0.1) is 6.42 Å². The molecule has 1 aromatic heterocycles. The van der Waals surface area contributed by atoms with E-state index in [2.05, 4.69) is 4.57 Å². The molecule has 0 aliphatic heterocycles. The average molecular weight is 203 g/mol. The number of carboxylic acid groups (broad SMARTS) is 1. The molecule has 0 saturated carbocycles. The van der Waals surface area contributed by atoms with Crippen molar-refractivity contribution in [3.63, 3.8) is 0 Å². The number of nitrogens with zero attached hydrogens (tertiary/aromatic N) is 1. The van der Waals surface area contributed by atoms with E-state index in [1.54, 1.807) is 0 Å². The summed E-state index contributed by atoms with van der Waals surface area (Å²) in [6.45, 7) is 2.02. The van der Waals surface area contributed by atoms with Crippen molar-refractivity contribution in [2.24, 2.45) is 7.05 Å². The number of aliphatic carboxylic acids is 1. The summed E-state index contributed by atoms with van der Waals surface area (Å²) in [5.41, 5.74) is 3.11. The fourth-order valence-electron chi connectivity index (χ4n) is 1.87. The SMILES string of the molecule is Cc1cc2c(CC(=O)O)cccc2n1C. The molecule has 0 aliphatic rings. The van der Waals surface area contributed by atoms with Crippen LogP contribution in [-0.2, 0) is 18.3 Å². The average Bonchev–Trinajstić information content (AvgIpc) is 2.45. The van der Waals surface area contributed by atoms with Gasteiger partial charge in [0.1, 0.15) is 0 Å². The van der Waals surface area contributed by atoms with E-state index in [9.17, 15) is 4.79 Å². The van der Waals surface area contributed by atoms with Crippen molar-refractivity contribution < 1.29 is 9.90 Å². The number of fused-ring (bicyclic) bond motifs is 1. The van der Waals surface area contributed by atoms with Crippen LogP contribution in [0, 0.1) is 6.92 Å². The standard InChI is InChI=1S/C12H13NO2/c1-8-6-10-9(7-12(14)15)4-3-5-11(10)13(8)2/h3-6H,7H2,1-2H3,(H,14,15). The summed E-state index contributed by atoms with van der Waals surface area (Å²) < 4.78 is 2.07. The van der Waals surface area contributed by atoms with Gasteiger partial charge in [-0.05, 0) is 24.6 Å². The molecule has 0 spiro atoms. The number of aromatic nitrogens is 1. The zero-order valence-corrected chi connectivity index (χ0v) is 8.82. The highest BCUT2D eigenvalue weighted by Gasteiger charge is 2.08. The first-order valence-electron chi connectivity index (χ1n) is 4.85. The maximum absolute atomic E-state index is 10.7. The highest BCUT2D eigenvalue weighted by Crippen LogP contribution is 2.22. The molecule has 0 fully saturated rings. The van der Waals surface area contributed by atoms with Crippen molar-refractivity contribution >= 4 is 16.9 Å². The van der Waals surface area contributed by atoms with Gasteiger partial charge in [-0.2, -0.15) is 0 Å². The Morgan fingerprint density at radius 1 is 1.47 bits per heavy atom. The van der Waals surface area contributed by atoms with E-state index in [0.717, 1.165) is 22.2 Å². The lowest BCUT2D eigenvalue weighted by Crippen LogP contribution is -2.00. The Kier molecular flexibility index (Phi) is 2.23. The first-order chi connectivity index (χ1) is 7.09. The number of benzene rings is 1. The number of hydrogen-bond acceptors (Lipinski definition) is 1. The molecule has 0 amide bonds. The predicted molar refractivity (Wildman–Crippen MR) is 59.0 cm³/mol. The normalized spacial score (nSPS) is 10.8. The molecular formula is C12H13NO2. The van der Waals surface area contributed by atoms with Gasteiger partial charge in [-0.1, -0.05) is 12.1 Å². The van der Waals surface area contributed by atoms with Crippen LogP contribution in [0.5, 0.6) is 0 Å². The maximum Gasteiger partial charge on any atom is 0.307 e. The molecular weight excluding hydrogens is 190 g/mol.